The fourth-order valence-corrected chi connectivity index (χ4v) is 5.72. The normalized spacial score (nSPS) is 11.2. The van der Waals surface area contributed by atoms with Crippen molar-refractivity contribution in [2.45, 2.75) is 173 Å². The molecule has 0 saturated heterocycles. The van der Waals surface area contributed by atoms with E-state index in [1.807, 2.05) is 0 Å². The Kier molecular flexibility index (Phi) is 35.4. The smallest absolute Gasteiger partial charge is 0.303 e. The minimum atomic E-state index is -3.57. The molecule has 43 heavy (non-hydrogen) atoms. The molecule has 0 aliphatic rings. The Labute approximate surface area is 288 Å². The zero-order chi connectivity index (χ0) is 31.0. The van der Waals surface area contributed by atoms with Gasteiger partial charge in [0.1, 0.15) is 0 Å². The minimum Gasteiger partial charge on any atom is -0.481 e. The molecule has 5 nitrogen and oxygen atoms in total. The van der Waals surface area contributed by atoms with Gasteiger partial charge in [-0.3, -0.25) is 8.98 Å². The van der Waals surface area contributed by atoms with Gasteiger partial charge in [-0.25, -0.2) is 0 Å². The van der Waals surface area contributed by atoms with Gasteiger partial charge in [0, 0.05) is 36.0 Å². The number of carboxylic acids is 1. The van der Waals surface area contributed by atoms with E-state index in [2.05, 4.69) is 26.0 Å². The molecular weight excluding hydrogens is 567 g/mol. The van der Waals surface area contributed by atoms with Gasteiger partial charge in [-0.1, -0.05) is 153 Å². The Morgan fingerprint density at radius 2 is 1.02 bits per heavy atom. The number of allylic oxidation sites excluding steroid dienone is 2. The van der Waals surface area contributed by atoms with Crippen LogP contribution in [-0.2, 0) is 19.1 Å². The van der Waals surface area contributed by atoms with Crippen molar-refractivity contribution in [3.63, 3.8) is 0 Å². The van der Waals surface area contributed by atoms with Crippen LogP contribution >= 0.6 is 0 Å². The Balaban J connectivity index is 0. The van der Waals surface area contributed by atoms with Gasteiger partial charge in [0.25, 0.3) is 10.1 Å². The van der Waals surface area contributed by atoms with Gasteiger partial charge < -0.3 is 5.11 Å². The van der Waals surface area contributed by atoms with Gasteiger partial charge in [-0.15, -0.1) is 0 Å². The summed E-state index contributed by atoms with van der Waals surface area (Å²) in [5.41, 5.74) is 0. The Hall–Kier alpha value is -0.660. The van der Waals surface area contributed by atoms with Gasteiger partial charge in [-0.2, -0.15) is 8.42 Å². The van der Waals surface area contributed by atoms with E-state index in [4.69, 9.17) is 9.29 Å². The molecule has 0 atom stereocenters. The van der Waals surface area contributed by atoms with Crippen LogP contribution in [0.15, 0.2) is 47.4 Å². The number of carboxylic acid groups (broad SMARTS) is 1. The van der Waals surface area contributed by atoms with E-state index in [-0.39, 0.29) is 41.1 Å². The number of aliphatic carboxylic acids is 1. The Morgan fingerprint density at radius 3 is 1.47 bits per heavy atom. The third-order valence-electron chi connectivity index (χ3n) is 7.42. The van der Waals surface area contributed by atoms with E-state index in [0.29, 0.717) is 6.42 Å². The molecule has 1 aromatic carbocycles. The second kappa shape index (κ2) is 34.2. The first-order valence-electron chi connectivity index (χ1n) is 17.2. The molecule has 0 aliphatic carbocycles. The predicted molar refractivity (Wildman–Crippen MR) is 184 cm³/mol. The summed E-state index contributed by atoms with van der Waals surface area (Å²) in [4.78, 5) is 10.6. The molecule has 0 unspecified atom stereocenters. The first-order valence-corrected chi connectivity index (χ1v) is 18.7. The van der Waals surface area contributed by atoms with Crippen LogP contribution in [0.2, 0.25) is 0 Å². The Bertz CT molecular complexity index is 842. The van der Waals surface area contributed by atoms with Crippen LogP contribution in [0, 0.1) is 0 Å². The van der Waals surface area contributed by atoms with E-state index in [0.717, 1.165) is 25.7 Å². The van der Waals surface area contributed by atoms with Crippen LogP contribution in [0.3, 0.4) is 0 Å². The zero-order valence-corrected chi connectivity index (χ0v) is 31.0. The molecule has 0 aromatic heterocycles. The Morgan fingerprint density at radius 1 is 0.628 bits per heavy atom. The van der Waals surface area contributed by atoms with Crippen molar-refractivity contribution in [3.05, 3.63) is 42.5 Å². The average molecular weight is 632 g/mol. The summed E-state index contributed by atoms with van der Waals surface area (Å²) in [6.07, 6.45) is 33.5. The van der Waals surface area contributed by atoms with E-state index >= 15 is 0 Å². The first-order chi connectivity index (χ1) is 20.4. The summed E-state index contributed by atoms with van der Waals surface area (Å²) in [6.45, 7) is 4.78. The van der Waals surface area contributed by atoms with Crippen molar-refractivity contribution in [1.82, 2.24) is 0 Å². The maximum absolute atomic E-state index is 11.9. The molecule has 1 rings (SSSR count). The van der Waals surface area contributed by atoms with Gasteiger partial charge in [0.2, 0.25) is 0 Å². The topological polar surface area (TPSA) is 80.7 Å². The maximum Gasteiger partial charge on any atom is 0.303 e. The number of benzene rings is 1. The van der Waals surface area contributed by atoms with E-state index in [1.165, 1.54) is 122 Å². The van der Waals surface area contributed by atoms with Gasteiger partial charge in [0.05, 0.1) is 11.5 Å². The molecule has 0 amide bonds. The second-order valence-electron chi connectivity index (χ2n) is 11.5. The van der Waals surface area contributed by atoms with Crippen molar-refractivity contribution in [1.29, 1.82) is 0 Å². The molecule has 1 N–H and O–H groups in total. The van der Waals surface area contributed by atoms with E-state index in [1.54, 1.807) is 30.3 Å². The van der Waals surface area contributed by atoms with Gasteiger partial charge >= 0.3 is 5.97 Å². The summed E-state index contributed by atoms with van der Waals surface area (Å²) in [5, 5.41) is 8.51. The average Bonchev–Trinajstić information content (AvgIpc) is 2.98. The fourth-order valence-electron chi connectivity index (χ4n) is 4.76. The maximum atomic E-state index is 11.9. The van der Waals surface area contributed by atoms with E-state index in [9.17, 15) is 13.2 Å². The van der Waals surface area contributed by atoms with Crippen molar-refractivity contribution < 1.29 is 22.5 Å². The molecule has 7 heteroatoms. The molecular formula is C36H64NaO5S. The van der Waals surface area contributed by atoms with Crippen molar-refractivity contribution in [2.75, 3.05) is 6.61 Å². The molecule has 0 aliphatic heterocycles. The van der Waals surface area contributed by atoms with Crippen molar-refractivity contribution in [3.8, 4) is 0 Å². The molecule has 0 spiro atoms. The third-order valence-corrected chi connectivity index (χ3v) is 8.75. The first kappa shape index (κ1) is 44.5. The van der Waals surface area contributed by atoms with Crippen molar-refractivity contribution >= 4 is 45.6 Å². The van der Waals surface area contributed by atoms with Crippen LogP contribution in [0.25, 0.3) is 0 Å². The molecule has 1 radical (unpaired) electrons. The van der Waals surface area contributed by atoms with Crippen LogP contribution in [-0.4, -0.2) is 55.7 Å². The fraction of sp³-hybridized carbons (Fsp3) is 0.750. The van der Waals surface area contributed by atoms with Gasteiger partial charge in [-0.05, 0) is 50.7 Å². The van der Waals surface area contributed by atoms with Crippen LogP contribution in [0.1, 0.15) is 168 Å². The number of rotatable bonds is 28. The van der Waals surface area contributed by atoms with Crippen molar-refractivity contribution in [2.24, 2.45) is 0 Å². The van der Waals surface area contributed by atoms with Gasteiger partial charge in [0.15, 0.2) is 0 Å². The van der Waals surface area contributed by atoms with Crippen LogP contribution in [0.4, 0.5) is 0 Å². The zero-order valence-electron chi connectivity index (χ0n) is 28.2. The molecule has 0 heterocycles. The second-order valence-corrected chi connectivity index (χ2v) is 13.1. The van der Waals surface area contributed by atoms with E-state index < -0.39 is 16.1 Å². The summed E-state index contributed by atoms with van der Waals surface area (Å²) < 4.78 is 28.8. The number of unbranched alkanes of at least 4 members (excludes halogenated alkanes) is 20. The number of hydrogen-bond donors (Lipinski definition) is 1. The largest absolute Gasteiger partial charge is 0.481 e. The predicted octanol–water partition coefficient (Wildman–Crippen LogP) is 11.0. The monoisotopic (exact) mass is 631 g/mol. The van der Waals surface area contributed by atoms with Crippen LogP contribution in [0.5, 0.6) is 0 Å². The SMILES string of the molecule is CCCCCCCCC=CCCCCCCCC(=O)O.CCCCCCCCCCCCOS(=O)(=O)c1ccccc1.[Na]. The summed E-state index contributed by atoms with van der Waals surface area (Å²) >= 11 is 0. The third kappa shape index (κ3) is 32.5. The molecule has 1 aromatic rings. The summed E-state index contributed by atoms with van der Waals surface area (Å²) in [6, 6.07) is 8.33. The minimum absolute atomic E-state index is 0. The molecule has 245 valence electrons. The number of carbonyl (C=O) groups is 1. The quantitative estimate of drug-likeness (QED) is 0.0431. The molecule has 0 fully saturated rings. The van der Waals surface area contributed by atoms with Crippen LogP contribution < -0.4 is 0 Å². The summed E-state index contributed by atoms with van der Waals surface area (Å²) in [7, 11) is -3.57. The summed E-state index contributed by atoms with van der Waals surface area (Å²) in [5.74, 6) is -0.664. The number of hydrogen-bond acceptors (Lipinski definition) is 4. The molecule has 0 saturated carbocycles. The standard InChI is InChI=1S/C18H30O3S.C18H34O2.Na/c1-2-3-4-5-6-7-8-9-10-14-17-21-22(19,20)18-15-12-11-13-16-18;1-2-3-4-5-6-7-8-9-10-11-12-13-14-15-16-17-18(19)20;/h11-13,15-16H,2-10,14,17H2,1H3;9-10H,2-8,11-17H2,1H3,(H,19,20);. The molecule has 0 bridgehead atoms.